The number of benzene rings is 2. The molecule has 2 atom stereocenters. The van der Waals surface area contributed by atoms with Gasteiger partial charge in [0.1, 0.15) is 29.2 Å². The van der Waals surface area contributed by atoms with Gasteiger partial charge in [-0.05, 0) is 62.4 Å². The summed E-state index contributed by atoms with van der Waals surface area (Å²) in [4.78, 5) is 0. The molecule has 2 aromatic rings. The molecule has 0 aliphatic carbocycles. The molecule has 106 valence electrons. The van der Waals surface area contributed by atoms with Gasteiger partial charge in [0.2, 0.25) is 0 Å². The molecular weight excluding hydrogens is 257 g/mol. The Morgan fingerprint density at radius 2 is 1.30 bits per heavy atom. The molecule has 2 N–H and O–H groups in total. The number of nitrogens with two attached hydrogens (primary N) is 1. The number of hydrogen-bond donors (Lipinski definition) is 1. The van der Waals surface area contributed by atoms with Crippen molar-refractivity contribution in [2.45, 2.75) is 26.0 Å². The third kappa shape index (κ3) is 3.96. The molecule has 4 heteroatoms. The van der Waals surface area contributed by atoms with Gasteiger partial charge >= 0.3 is 0 Å². The van der Waals surface area contributed by atoms with E-state index < -0.39 is 0 Å². The average Bonchev–Trinajstić information content (AvgIpc) is 2.43. The fourth-order valence-corrected chi connectivity index (χ4v) is 1.55. The molecule has 0 radical (unpaired) electrons. The third-order valence-electron chi connectivity index (χ3n) is 2.94. The van der Waals surface area contributed by atoms with Crippen molar-refractivity contribution >= 4 is 0 Å². The van der Waals surface area contributed by atoms with Crippen LogP contribution in [0.2, 0.25) is 0 Å². The maximum Gasteiger partial charge on any atom is 0.127 e. The first-order valence-electron chi connectivity index (χ1n) is 6.50. The first kappa shape index (κ1) is 14.3. The summed E-state index contributed by atoms with van der Waals surface area (Å²) in [5.41, 5.74) is 5.75. The van der Waals surface area contributed by atoms with Crippen LogP contribution in [-0.2, 0) is 0 Å². The first-order valence-corrected chi connectivity index (χ1v) is 6.50. The minimum Gasteiger partial charge on any atom is -0.489 e. The second kappa shape index (κ2) is 6.39. The Bertz CT molecular complexity index is 537. The minimum absolute atomic E-state index is 0.0369. The zero-order chi connectivity index (χ0) is 14.5. The van der Waals surface area contributed by atoms with E-state index in [-0.39, 0.29) is 18.0 Å². The first-order chi connectivity index (χ1) is 9.54. The molecule has 0 saturated heterocycles. The zero-order valence-corrected chi connectivity index (χ0v) is 11.5. The molecule has 0 fully saturated rings. The Morgan fingerprint density at radius 1 is 0.850 bits per heavy atom. The Balaban J connectivity index is 1.99. The van der Waals surface area contributed by atoms with E-state index in [1.165, 1.54) is 12.1 Å². The molecule has 2 aromatic carbocycles. The maximum atomic E-state index is 12.8. The molecule has 0 amide bonds. The lowest BCUT2D eigenvalue weighted by Crippen LogP contribution is -2.33. The summed E-state index contributed by atoms with van der Waals surface area (Å²) in [6, 6.07) is 13.1. The molecule has 0 saturated carbocycles. The van der Waals surface area contributed by atoms with E-state index in [9.17, 15) is 4.39 Å². The number of ether oxygens (including phenoxy) is 2. The van der Waals surface area contributed by atoms with Gasteiger partial charge in [0.05, 0.1) is 0 Å². The predicted molar refractivity (Wildman–Crippen MR) is 76.7 cm³/mol. The van der Waals surface area contributed by atoms with E-state index in [2.05, 4.69) is 0 Å². The Labute approximate surface area is 118 Å². The van der Waals surface area contributed by atoms with Crippen LogP contribution in [0.25, 0.3) is 0 Å². The molecular formula is C16H18FNO2. The fourth-order valence-electron chi connectivity index (χ4n) is 1.55. The van der Waals surface area contributed by atoms with Crippen LogP contribution in [0.15, 0.2) is 48.5 Å². The van der Waals surface area contributed by atoms with Crippen molar-refractivity contribution in [3.63, 3.8) is 0 Å². The van der Waals surface area contributed by atoms with Crippen LogP contribution in [0.4, 0.5) is 4.39 Å². The number of hydrogen-bond acceptors (Lipinski definition) is 3. The van der Waals surface area contributed by atoms with E-state index in [4.69, 9.17) is 15.2 Å². The van der Waals surface area contributed by atoms with Gasteiger partial charge in [-0.3, -0.25) is 0 Å². The van der Waals surface area contributed by atoms with Crippen molar-refractivity contribution in [1.29, 1.82) is 0 Å². The van der Waals surface area contributed by atoms with E-state index in [0.29, 0.717) is 11.5 Å². The van der Waals surface area contributed by atoms with Gasteiger partial charge in [0.25, 0.3) is 0 Å². The Hall–Kier alpha value is -2.07. The summed E-state index contributed by atoms with van der Waals surface area (Å²) >= 11 is 0. The van der Waals surface area contributed by atoms with Crippen molar-refractivity contribution in [3.8, 4) is 17.2 Å². The molecule has 0 aliphatic heterocycles. The fraction of sp³-hybridized carbons (Fsp3) is 0.250. The third-order valence-corrected chi connectivity index (χ3v) is 2.94. The van der Waals surface area contributed by atoms with Crippen molar-refractivity contribution in [1.82, 2.24) is 0 Å². The van der Waals surface area contributed by atoms with E-state index in [1.807, 2.05) is 26.0 Å². The van der Waals surface area contributed by atoms with Crippen LogP contribution in [-0.4, -0.2) is 12.1 Å². The largest absolute Gasteiger partial charge is 0.489 e. The molecule has 0 spiro atoms. The summed E-state index contributed by atoms with van der Waals surface area (Å²) in [5.74, 6) is 1.70. The van der Waals surface area contributed by atoms with Crippen LogP contribution >= 0.6 is 0 Å². The summed E-state index contributed by atoms with van der Waals surface area (Å²) in [6.07, 6.45) is -0.0566. The molecule has 0 bridgehead atoms. The molecule has 0 aliphatic rings. The summed E-state index contributed by atoms with van der Waals surface area (Å²) in [7, 11) is 0. The minimum atomic E-state index is -0.286. The second-order valence-corrected chi connectivity index (χ2v) is 4.71. The average molecular weight is 275 g/mol. The smallest absolute Gasteiger partial charge is 0.127 e. The summed E-state index contributed by atoms with van der Waals surface area (Å²) in [5, 5.41) is 0. The SMILES string of the molecule is CC(N)C(C)Oc1ccc(Oc2ccc(F)cc2)cc1. The predicted octanol–water partition coefficient (Wildman–Crippen LogP) is 3.73. The van der Waals surface area contributed by atoms with E-state index >= 15 is 0 Å². The summed E-state index contributed by atoms with van der Waals surface area (Å²) < 4.78 is 24.0. The highest BCUT2D eigenvalue weighted by Crippen LogP contribution is 2.24. The van der Waals surface area contributed by atoms with Crippen molar-refractivity contribution in [2.24, 2.45) is 5.73 Å². The Kier molecular flexibility index (Phi) is 4.58. The van der Waals surface area contributed by atoms with Gasteiger partial charge in [-0.1, -0.05) is 0 Å². The number of halogens is 1. The van der Waals surface area contributed by atoms with E-state index in [1.54, 1.807) is 24.3 Å². The van der Waals surface area contributed by atoms with Crippen LogP contribution in [0, 0.1) is 5.82 Å². The number of rotatable bonds is 5. The zero-order valence-electron chi connectivity index (χ0n) is 11.5. The van der Waals surface area contributed by atoms with Gasteiger partial charge in [-0.25, -0.2) is 4.39 Å². The Morgan fingerprint density at radius 3 is 1.80 bits per heavy atom. The van der Waals surface area contributed by atoms with Gasteiger partial charge < -0.3 is 15.2 Å². The van der Waals surface area contributed by atoms with Crippen molar-refractivity contribution < 1.29 is 13.9 Å². The highest BCUT2D eigenvalue weighted by Gasteiger charge is 2.08. The highest BCUT2D eigenvalue weighted by molar-refractivity contribution is 5.35. The van der Waals surface area contributed by atoms with Crippen LogP contribution < -0.4 is 15.2 Å². The van der Waals surface area contributed by atoms with E-state index in [0.717, 1.165) is 5.75 Å². The van der Waals surface area contributed by atoms with Crippen molar-refractivity contribution in [2.75, 3.05) is 0 Å². The summed E-state index contributed by atoms with van der Waals surface area (Å²) in [6.45, 7) is 3.82. The topological polar surface area (TPSA) is 44.5 Å². The van der Waals surface area contributed by atoms with Crippen LogP contribution in [0.1, 0.15) is 13.8 Å². The molecule has 0 heterocycles. The molecule has 3 nitrogen and oxygen atoms in total. The molecule has 20 heavy (non-hydrogen) atoms. The maximum absolute atomic E-state index is 12.8. The lowest BCUT2D eigenvalue weighted by molar-refractivity contribution is 0.196. The molecule has 2 rings (SSSR count). The normalized spacial score (nSPS) is 13.6. The molecule has 0 aromatic heterocycles. The van der Waals surface area contributed by atoms with Gasteiger partial charge in [-0.15, -0.1) is 0 Å². The lowest BCUT2D eigenvalue weighted by Gasteiger charge is -2.18. The monoisotopic (exact) mass is 275 g/mol. The van der Waals surface area contributed by atoms with Gasteiger partial charge in [0, 0.05) is 6.04 Å². The van der Waals surface area contributed by atoms with Gasteiger partial charge in [-0.2, -0.15) is 0 Å². The van der Waals surface area contributed by atoms with Crippen LogP contribution in [0.5, 0.6) is 17.2 Å². The van der Waals surface area contributed by atoms with Gasteiger partial charge in [0.15, 0.2) is 0 Å². The standard InChI is InChI=1S/C16H18FNO2/c1-11(18)12(2)19-14-7-9-16(10-8-14)20-15-5-3-13(17)4-6-15/h3-12H,18H2,1-2H3. The second-order valence-electron chi connectivity index (χ2n) is 4.71. The highest BCUT2D eigenvalue weighted by atomic mass is 19.1. The van der Waals surface area contributed by atoms with Crippen molar-refractivity contribution in [3.05, 3.63) is 54.3 Å². The lowest BCUT2D eigenvalue weighted by atomic mass is 10.2. The quantitative estimate of drug-likeness (QED) is 0.904. The molecule has 2 unspecified atom stereocenters. The van der Waals surface area contributed by atoms with Crippen LogP contribution in [0.3, 0.4) is 0 Å².